The van der Waals surface area contributed by atoms with Crippen molar-refractivity contribution < 1.29 is 19.3 Å². The van der Waals surface area contributed by atoms with E-state index in [0.717, 1.165) is 30.6 Å². The third-order valence-electron chi connectivity index (χ3n) is 3.69. The zero-order valence-corrected chi connectivity index (χ0v) is 15.9. The Morgan fingerprint density at radius 3 is 2.80 bits per heavy atom. The van der Waals surface area contributed by atoms with Crippen LogP contribution in [0.4, 0.5) is 0 Å². The van der Waals surface area contributed by atoms with Crippen LogP contribution in [0.1, 0.15) is 45.3 Å². The summed E-state index contributed by atoms with van der Waals surface area (Å²) in [7, 11) is 1.58. The minimum atomic E-state index is -0.708. The number of hydrogen-bond donors (Lipinski definition) is 1. The third-order valence-corrected chi connectivity index (χ3v) is 3.69. The lowest BCUT2D eigenvalue weighted by atomic mass is 9.97. The first kappa shape index (κ1) is 21.4. The first-order chi connectivity index (χ1) is 12.1. The van der Waals surface area contributed by atoms with E-state index in [-0.39, 0.29) is 12.7 Å². The van der Waals surface area contributed by atoms with Gasteiger partial charge in [-0.3, -0.25) is 0 Å². The van der Waals surface area contributed by atoms with E-state index in [4.69, 9.17) is 14.2 Å². The Kier molecular flexibility index (Phi) is 10.9. The van der Waals surface area contributed by atoms with E-state index >= 15 is 0 Å². The standard InChI is InChI=1S/C21H32O4/c1-5-7-12-24-15-17(3)13-18(9-6-2)21(22)19-10-8-11-20(14-19)25-16-23-4/h6,8-11,13-14,17,21-22H,5,7,12,15-16H2,1-4H3/b9-6-,18-13+. The second kappa shape index (κ2) is 12.7. The fourth-order valence-corrected chi connectivity index (χ4v) is 2.42. The molecule has 0 radical (unpaired) electrons. The van der Waals surface area contributed by atoms with Crippen molar-refractivity contribution in [3.05, 3.63) is 53.6 Å². The molecule has 25 heavy (non-hydrogen) atoms. The number of ether oxygens (including phenoxy) is 3. The van der Waals surface area contributed by atoms with Crippen LogP contribution in [-0.2, 0) is 9.47 Å². The van der Waals surface area contributed by atoms with Gasteiger partial charge in [0.25, 0.3) is 0 Å². The molecule has 2 atom stereocenters. The number of rotatable bonds is 12. The number of benzene rings is 1. The number of allylic oxidation sites excluding steroid dienone is 1. The van der Waals surface area contributed by atoms with Crippen molar-refractivity contribution in [3.63, 3.8) is 0 Å². The summed E-state index contributed by atoms with van der Waals surface area (Å²) in [5.41, 5.74) is 1.65. The van der Waals surface area contributed by atoms with Crippen LogP contribution in [-0.4, -0.2) is 32.2 Å². The number of aliphatic hydroxyl groups excluding tert-OH is 1. The number of methoxy groups -OCH3 is 1. The predicted molar refractivity (Wildman–Crippen MR) is 102 cm³/mol. The topological polar surface area (TPSA) is 47.9 Å². The molecule has 0 spiro atoms. The van der Waals surface area contributed by atoms with Crippen LogP contribution in [0.25, 0.3) is 0 Å². The zero-order valence-electron chi connectivity index (χ0n) is 15.9. The maximum atomic E-state index is 10.8. The van der Waals surface area contributed by atoms with E-state index in [1.54, 1.807) is 7.11 Å². The second-order valence-corrected chi connectivity index (χ2v) is 6.10. The molecule has 0 heterocycles. The Bertz CT molecular complexity index is 536. The van der Waals surface area contributed by atoms with Gasteiger partial charge < -0.3 is 19.3 Å². The highest BCUT2D eigenvalue weighted by molar-refractivity contribution is 5.37. The summed E-state index contributed by atoms with van der Waals surface area (Å²) in [4.78, 5) is 0. The first-order valence-electron chi connectivity index (χ1n) is 8.94. The number of hydrogen-bond acceptors (Lipinski definition) is 4. The van der Waals surface area contributed by atoms with Crippen LogP contribution >= 0.6 is 0 Å². The van der Waals surface area contributed by atoms with Crippen LogP contribution in [0.2, 0.25) is 0 Å². The van der Waals surface area contributed by atoms with Gasteiger partial charge in [0.05, 0.1) is 6.61 Å². The van der Waals surface area contributed by atoms with Crippen LogP contribution < -0.4 is 4.74 Å². The lowest BCUT2D eigenvalue weighted by Crippen LogP contribution is -2.08. The highest BCUT2D eigenvalue weighted by Crippen LogP contribution is 2.27. The summed E-state index contributed by atoms with van der Waals surface area (Å²) < 4.78 is 16.0. The molecule has 0 fully saturated rings. The Labute approximate surface area is 152 Å². The fourth-order valence-electron chi connectivity index (χ4n) is 2.42. The fraction of sp³-hybridized carbons (Fsp3) is 0.524. The van der Waals surface area contributed by atoms with Gasteiger partial charge in [-0.1, -0.05) is 50.6 Å². The monoisotopic (exact) mass is 348 g/mol. The molecular formula is C21H32O4. The molecule has 2 unspecified atom stereocenters. The van der Waals surface area contributed by atoms with E-state index < -0.39 is 6.10 Å². The predicted octanol–water partition coefficient (Wildman–Crippen LogP) is 4.66. The van der Waals surface area contributed by atoms with E-state index in [2.05, 4.69) is 19.9 Å². The highest BCUT2D eigenvalue weighted by atomic mass is 16.7. The van der Waals surface area contributed by atoms with Crippen molar-refractivity contribution in [1.82, 2.24) is 0 Å². The van der Waals surface area contributed by atoms with Crippen LogP contribution in [0, 0.1) is 5.92 Å². The minimum Gasteiger partial charge on any atom is -0.468 e. The summed E-state index contributed by atoms with van der Waals surface area (Å²) in [5.74, 6) is 0.903. The molecule has 0 aromatic heterocycles. The van der Waals surface area contributed by atoms with E-state index in [0.29, 0.717) is 12.4 Å². The smallest absolute Gasteiger partial charge is 0.188 e. The number of aliphatic hydroxyl groups is 1. The van der Waals surface area contributed by atoms with Crippen LogP contribution in [0.15, 0.2) is 48.1 Å². The Morgan fingerprint density at radius 1 is 1.32 bits per heavy atom. The summed E-state index contributed by atoms with van der Waals surface area (Å²) >= 11 is 0. The molecule has 0 saturated carbocycles. The van der Waals surface area contributed by atoms with Gasteiger partial charge in [-0.2, -0.15) is 0 Å². The van der Waals surface area contributed by atoms with E-state index in [9.17, 15) is 5.11 Å². The summed E-state index contributed by atoms with van der Waals surface area (Å²) in [6, 6.07) is 7.44. The molecule has 0 aliphatic rings. The Hall–Kier alpha value is -1.62. The molecule has 1 rings (SSSR count). The van der Waals surface area contributed by atoms with Gasteiger partial charge in [-0.15, -0.1) is 0 Å². The van der Waals surface area contributed by atoms with Gasteiger partial charge in [0.1, 0.15) is 11.9 Å². The molecule has 1 aromatic rings. The SMILES string of the molecule is C/C=C\C(=C/C(C)COCCCC)C(O)c1cccc(OCOC)c1. The molecular weight excluding hydrogens is 316 g/mol. The summed E-state index contributed by atoms with van der Waals surface area (Å²) in [6.07, 6.45) is 7.45. The van der Waals surface area contributed by atoms with Crippen molar-refractivity contribution >= 4 is 0 Å². The first-order valence-corrected chi connectivity index (χ1v) is 8.94. The lowest BCUT2D eigenvalue weighted by molar-refractivity contribution is 0.0509. The molecule has 140 valence electrons. The van der Waals surface area contributed by atoms with Crippen molar-refractivity contribution in [1.29, 1.82) is 0 Å². The Balaban J connectivity index is 2.81. The molecule has 4 nitrogen and oxygen atoms in total. The third kappa shape index (κ3) is 8.34. The van der Waals surface area contributed by atoms with Crippen molar-refractivity contribution in [2.24, 2.45) is 5.92 Å². The molecule has 4 heteroatoms. The van der Waals surface area contributed by atoms with Crippen LogP contribution in [0.3, 0.4) is 0 Å². The van der Waals surface area contributed by atoms with Crippen molar-refractivity contribution in [3.8, 4) is 5.75 Å². The van der Waals surface area contributed by atoms with Gasteiger partial charge in [0, 0.05) is 13.7 Å². The van der Waals surface area contributed by atoms with Crippen molar-refractivity contribution in [2.75, 3.05) is 27.1 Å². The molecule has 0 saturated heterocycles. The highest BCUT2D eigenvalue weighted by Gasteiger charge is 2.13. The molecule has 1 aromatic carbocycles. The van der Waals surface area contributed by atoms with Gasteiger partial charge in [-0.25, -0.2) is 0 Å². The van der Waals surface area contributed by atoms with Gasteiger partial charge >= 0.3 is 0 Å². The second-order valence-electron chi connectivity index (χ2n) is 6.10. The largest absolute Gasteiger partial charge is 0.468 e. The molecule has 0 amide bonds. The van der Waals surface area contributed by atoms with Crippen LogP contribution in [0.5, 0.6) is 5.75 Å². The molecule has 0 bridgehead atoms. The molecule has 1 N–H and O–H groups in total. The average Bonchev–Trinajstić information content (AvgIpc) is 2.63. The normalized spacial score (nSPS) is 14.7. The lowest BCUT2D eigenvalue weighted by Gasteiger charge is -2.16. The molecule has 0 aliphatic heterocycles. The number of unbranched alkanes of at least 4 members (excludes halogenated alkanes) is 1. The molecule has 0 aliphatic carbocycles. The quantitative estimate of drug-likeness (QED) is 0.339. The Morgan fingerprint density at radius 2 is 2.12 bits per heavy atom. The van der Waals surface area contributed by atoms with Gasteiger partial charge in [0.15, 0.2) is 6.79 Å². The van der Waals surface area contributed by atoms with E-state index in [1.807, 2.05) is 43.3 Å². The van der Waals surface area contributed by atoms with Gasteiger partial charge in [0.2, 0.25) is 0 Å². The van der Waals surface area contributed by atoms with Crippen molar-refractivity contribution in [2.45, 2.75) is 39.7 Å². The zero-order chi connectivity index (χ0) is 18.5. The summed E-state index contributed by atoms with van der Waals surface area (Å²) in [6.45, 7) is 7.82. The minimum absolute atomic E-state index is 0.184. The maximum Gasteiger partial charge on any atom is 0.188 e. The summed E-state index contributed by atoms with van der Waals surface area (Å²) in [5, 5.41) is 10.8. The van der Waals surface area contributed by atoms with E-state index in [1.165, 1.54) is 0 Å². The van der Waals surface area contributed by atoms with Gasteiger partial charge in [-0.05, 0) is 42.5 Å². The maximum absolute atomic E-state index is 10.8. The average molecular weight is 348 g/mol.